The van der Waals surface area contributed by atoms with Gasteiger partial charge in [0.05, 0.1) is 6.20 Å². The zero-order valence-corrected chi connectivity index (χ0v) is 23.1. The largest absolute Gasteiger partial charge is 0.341 e. The topological polar surface area (TPSA) is 70.5 Å². The number of anilines is 2. The lowest BCUT2D eigenvalue weighted by atomic mass is 9.81. The van der Waals surface area contributed by atoms with Crippen molar-refractivity contribution >= 4 is 23.2 Å². The lowest BCUT2D eigenvalue weighted by Gasteiger charge is -2.38. The normalized spacial score (nSPS) is 17.7. The highest BCUT2D eigenvalue weighted by Gasteiger charge is 2.31. The SMILES string of the molecule is CNC(=O)N1CCc2cc(C3CCC(=O)CC3)cc(N3CCCc4cc(-c5cnn(C)c5)c(C(F)F)cc43)c2C1. The number of hydrogen-bond donors (Lipinski definition) is 1. The van der Waals surface area contributed by atoms with Gasteiger partial charge >= 0.3 is 6.03 Å². The molecule has 1 N–H and O–H groups in total. The van der Waals surface area contributed by atoms with Crippen LogP contribution in [0.4, 0.5) is 25.0 Å². The fourth-order valence-electron chi connectivity index (χ4n) is 6.64. The molecule has 1 aliphatic carbocycles. The minimum Gasteiger partial charge on any atom is -0.341 e. The minimum absolute atomic E-state index is 0.00134. The fourth-order valence-corrected chi connectivity index (χ4v) is 6.64. The van der Waals surface area contributed by atoms with Gasteiger partial charge in [0.15, 0.2) is 0 Å². The Bertz CT molecular complexity index is 1460. The second-order valence-electron chi connectivity index (χ2n) is 11.2. The van der Waals surface area contributed by atoms with E-state index in [0.717, 1.165) is 54.6 Å². The van der Waals surface area contributed by atoms with Crippen molar-refractivity contribution in [3.63, 3.8) is 0 Å². The van der Waals surface area contributed by atoms with Gasteiger partial charge < -0.3 is 15.1 Å². The molecule has 0 saturated heterocycles. The lowest BCUT2D eigenvalue weighted by Crippen LogP contribution is -2.42. The van der Waals surface area contributed by atoms with E-state index in [4.69, 9.17) is 0 Å². The molecule has 2 aliphatic heterocycles. The van der Waals surface area contributed by atoms with Crippen LogP contribution >= 0.6 is 0 Å². The molecule has 40 heavy (non-hydrogen) atoms. The maximum absolute atomic E-state index is 14.5. The molecule has 3 aliphatic rings. The maximum atomic E-state index is 14.5. The highest BCUT2D eigenvalue weighted by atomic mass is 19.3. The summed E-state index contributed by atoms with van der Waals surface area (Å²) in [6.07, 6.45) is 6.08. The molecule has 1 fully saturated rings. The number of hydrogen-bond acceptors (Lipinski definition) is 4. The minimum atomic E-state index is -2.63. The summed E-state index contributed by atoms with van der Waals surface area (Å²) in [5.74, 6) is 0.622. The van der Waals surface area contributed by atoms with Gasteiger partial charge in [-0.3, -0.25) is 9.48 Å². The summed E-state index contributed by atoms with van der Waals surface area (Å²) in [6, 6.07) is 7.94. The molecule has 0 bridgehead atoms. The third-order valence-corrected chi connectivity index (χ3v) is 8.77. The van der Waals surface area contributed by atoms with Crippen molar-refractivity contribution in [1.29, 1.82) is 0 Å². The summed E-state index contributed by atoms with van der Waals surface area (Å²) in [6.45, 7) is 1.80. The van der Waals surface area contributed by atoms with Crippen LogP contribution in [0.2, 0.25) is 0 Å². The first-order valence-corrected chi connectivity index (χ1v) is 14.2. The number of Topliss-reactive ketones (excluding diaryl/α,β-unsaturated/α-hetero) is 1. The molecule has 3 heterocycles. The number of benzene rings is 2. The number of fused-ring (bicyclic) bond motifs is 2. The van der Waals surface area contributed by atoms with Crippen molar-refractivity contribution < 1.29 is 18.4 Å². The molecule has 1 saturated carbocycles. The van der Waals surface area contributed by atoms with E-state index in [-0.39, 0.29) is 11.6 Å². The molecule has 9 heteroatoms. The standard InChI is InChI=1S/C31H35F2N5O2/c1-34-31(40)37-11-9-20-12-22(19-5-7-24(39)8-6-19)14-29(27(20)18-37)38-10-3-4-21-13-25(23-16-35-36(2)17-23)26(30(32)33)15-28(21)38/h12-17,19,30H,3-11,18H2,1-2H3,(H,34,40). The molecule has 0 spiro atoms. The predicted octanol–water partition coefficient (Wildman–Crippen LogP) is 6.03. The van der Waals surface area contributed by atoms with E-state index in [0.29, 0.717) is 55.3 Å². The Labute approximate surface area is 233 Å². The third-order valence-electron chi connectivity index (χ3n) is 8.77. The Kier molecular flexibility index (Phi) is 7.06. The van der Waals surface area contributed by atoms with Gasteiger partial charge in [-0.25, -0.2) is 13.6 Å². The molecule has 3 aromatic rings. The average Bonchev–Trinajstić information content (AvgIpc) is 3.41. The lowest BCUT2D eigenvalue weighted by molar-refractivity contribution is -0.120. The van der Waals surface area contributed by atoms with Crippen LogP contribution in [0.25, 0.3) is 11.1 Å². The summed E-state index contributed by atoms with van der Waals surface area (Å²) in [7, 11) is 3.42. The van der Waals surface area contributed by atoms with Crippen molar-refractivity contribution in [3.05, 3.63) is 64.5 Å². The average molecular weight is 548 g/mol. The number of nitrogens with zero attached hydrogens (tertiary/aromatic N) is 4. The van der Waals surface area contributed by atoms with E-state index in [1.807, 2.05) is 11.0 Å². The Balaban J connectivity index is 1.48. The molecule has 7 nitrogen and oxygen atoms in total. The number of ketones is 1. The number of aryl methyl sites for hydroxylation is 2. The maximum Gasteiger partial charge on any atom is 0.317 e. The monoisotopic (exact) mass is 547 g/mol. The van der Waals surface area contributed by atoms with Crippen LogP contribution in [0, 0.1) is 0 Å². The molecule has 0 unspecified atom stereocenters. The Morgan fingerprint density at radius 3 is 2.52 bits per heavy atom. The van der Waals surface area contributed by atoms with Crippen molar-refractivity contribution in [3.8, 4) is 11.1 Å². The van der Waals surface area contributed by atoms with Crippen molar-refractivity contribution in [2.24, 2.45) is 7.05 Å². The molecule has 2 aromatic carbocycles. The number of aromatic nitrogens is 2. The quantitative estimate of drug-likeness (QED) is 0.433. The second kappa shape index (κ2) is 10.7. The number of halogens is 2. The molecular weight excluding hydrogens is 512 g/mol. The number of rotatable bonds is 4. The molecule has 210 valence electrons. The van der Waals surface area contributed by atoms with Gasteiger partial charge in [0, 0.05) is 75.3 Å². The highest BCUT2D eigenvalue weighted by Crippen LogP contribution is 2.45. The summed E-state index contributed by atoms with van der Waals surface area (Å²) < 4.78 is 30.6. The van der Waals surface area contributed by atoms with E-state index in [1.165, 1.54) is 11.1 Å². The first kappa shape index (κ1) is 26.5. The molecule has 2 amide bonds. The van der Waals surface area contributed by atoms with Gasteiger partial charge in [0.25, 0.3) is 6.43 Å². The predicted molar refractivity (Wildman–Crippen MR) is 150 cm³/mol. The Hall–Kier alpha value is -3.75. The highest BCUT2D eigenvalue weighted by molar-refractivity contribution is 5.81. The molecule has 1 aromatic heterocycles. The van der Waals surface area contributed by atoms with Gasteiger partial charge in [-0.15, -0.1) is 0 Å². The summed E-state index contributed by atoms with van der Waals surface area (Å²) in [5.41, 5.74) is 7.55. The fraction of sp³-hybridized carbons (Fsp3) is 0.452. The first-order chi connectivity index (χ1) is 19.3. The van der Waals surface area contributed by atoms with Crippen molar-refractivity contribution in [1.82, 2.24) is 20.0 Å². The number of alkyl halides is 2. The van der Waals surface area contributed by atoms with Crippen LogP contribution in [-0.4, -0.2) is 46.6 Å². The van der Waals surface area contributed by atoms with Crippen LogP contribution in [0.1, 0.15) is 72.3 Å². The number of nitrogens with one attached hydrogen (secondary N) is 1. The number of carbonyl (C=O) groups excluding carboxylic acids is 2. The van der Waals surface area contributed by atoms with Gasteiger partial charge in [-0.05, 0) is 84.0 Å². The molecule has 0 atom stereocenters. The van der Waals surface area contributed by atoms with Crippen LogP contribution < -0.4 is 10.2 Å². The van der Waals surface area contributed by atoms with E-state index in [1.54, 1.807) is 37.2 Å². The van der Waals surface area contributed by atoms with Crippen LogP contribution in [0.5, 0.6) is 0 Å². The Morgan fingerprint density at radius 2 is 1.82 bits per heavy atom. The van der Waals surface area contributed by atoms with Crippen LogP contribution in [-0.2, 0) is 31.2 Å². The zero-order valence-electron chi connectivity index (χ0n) is 23.1. The van der Waals surface area contributed by atoms with Crippen molar-refractivity contribution in [2.45, 2.75) is 63.8 Å². The van der Waals surface area contributed by atoms with E-state index in [2.05, 4.69) is 27.4 Å². The van der Waals surface area contributed by atoms with E-state index >= 15 is 0 Å². The summed E-state index contributed by atoms with van der Waals surface area (Å²) in [4.78, 5) is 28.5. The summed E-state index contributed by atoms with van der Waals surface area (Å²) in [5, 5.41) is 6.95. The first-order valence-electron chi connectivity index (χ1n) is 14.2. The number of carbonyl (C=O) groups is 2. The van der Waals surface area contributed by atoms with Gasteiger partial charge in [0.2, 0.25) is 0 Å². The van der Waals surface area contributed by atoms with E-state index < -0.39 is 6.43 Å². The zero-order chi connectivity index (χ0) is 28.0. The second-order valence-corrected chi connectivity index (χ2v) is 11.2. The number of amides is 2. The smallest absolute Gasteiger partial charge is 0.317 e. The van der Waals surface area contributed by atoms with Gasteiger partial charge in [-0.1, -0.05) is 6.07 Å². The van der Waals surface area contributed by atoms with Gasteiger partial charge in [-0.2, -0.15) is 5.10 Å². The Morgan fingerprint density at radius 1 is 1.02 bits per heavy atom. The number of urea groups is 1. The van der Waals surface area contributed by atoms with Crippen LogP contribution in [0.3, 0.4) is 0 Å². The summed E-state index contributed by atoms with van der Waals surface area (Å²) >= 11 is 0. The van der Waals surface area contributed by atoms with Crippen molar-refractivity contribution in [2.75, 3.05) is 25.0 Å². The molecular formula is C31H35F2N5O2. The third kappa shape index (κ3) is 4.86. The van der Waals surface area contributed by atoms with Crippen LogP contribution in [0.15, 0.2) is 36.7 Å². The van der Waals surface area contributed by atoms with Gasteiger partial charge in [0.1, 0.15) is 5.78 Å². The molecule has 0 radical (unpaired) electrons. The van der Waals surface area contributed by atoms with E-state index in [9.17, 15) is 18.4 Å². The molecule has 6 rings (SSSR count).